The molecule has 30 heavy (non-hydrogen) atoms. The molecule has 2 aromatic carbocycles. The van der Waals surface area contributed by atoms with E-state index in [1.807, 2.05) is 24.3 Å². The van der Waals surface area contributed by atoms with Gasteiger partial charge in [-0.1, -0.05) is 36.4 Å². The molecule has 4 nitrogen and oxygen atoms in total. The number of hydrogen-bond donors (Lipinski definition) is 2. The maximum atomic E-state index is 13.2. The average Bonchev–Trinajstić information content (AvgIpc) is 2.78. The van der Waals surface area contributed by atoms with Crippen molar-refractivity contribution in [3.8, 4) is 0 Å². The number of fused-ring (bicyclic) bond motifs is 4. The fourth-order valence-electron chi connectivity index (χ4n) is 5.96. The Balaban J connectivity index is 1.41. The number of benzene rings is 2. The SMILES string of the molecule is Cc1c(C(=O)N[C@H](C)c2ccccc2)ccc2c1[C@H]1C[C@@H]3NCCC[C@@H]3CN1CC2. The van der Waals surface area contributed by atoms with Crippen LogP contribution in [-0.4, -0.2) is 36.5 Å². The Morgan fingerprint density at radius 2 is 2.03 bits per heavy atom. The minimum atomic E-state index is -0.00694. The zero-order valence-corrected chi connectivity index (χ0v) is 18.2. The maximum Gasteiger partial charge on any atom is 0.252 e. The lowest BCUT2D eigenvalue weighted by Gasteiger charge is -2.49. The van der Waals surface area contributed by atoms with Crippen LogP contribution in [0.5, 0.6) is 0 Å². The quantitative estimate of drug-likeness (QED) is 0.809. The summed E-state index contributed by atoms with van der Waals surface area (Å²) in [5, 5.41) is 6.99. The van der Waals surface area contributed by atoms with Crippen molar-refractivity contribution >= 4 is 5.91 Å². The average molecular weight is 404 g/mol. The molecule has 0 saturated carbocycles. The molecule has 2 saturated heterocycles. The molecule has 0 radical (unpaired) electrons. The molecule has 2 aromatic rings. The summed E-state index contributed by atoms with van der Waals surface area (Å²) in [4.78, 5) is 15.9. The second kappa shape index (κ2) is 8.16. The fraction of sp³-hybridized carbons (Fsp3) is 0.500. The third kappa shape index (κ3) is 3.57. The molecule has 4 atom stereocenters. The molecule has 0 aliphatic carbocycles. The standard InChI is InChI=1S/C26H33N3O/c1-17-22(26(30)28-18(2)19-7-4-3-5-8-19)11-10-20-12-14-29-16-21-9-6-13-27-23(21)15-24(29)25(17)20/h3-5,7-8,10-11,18,21,23-24,27H,6,9,12-16H2,1-2H3,(H,28,30)/t18-,21-,23+,24-/m1/s1. The number of rotatable bonds is 3. The first-order chi connectivity index (χ1) is 14.6. The van der Waals surface area contributed by atoms with Crippen molar-refractivity contribution < 1.29 is 4.79 Å². The Bertz CT molecular complexity index is 925. The van der Waals surface area contributed by atoms with Gasteiger partial charge in [-0.3, -0.25) is 9.69 Å². The third-order valence-corrected chi connectivity index (χ3v) is 7.61. The van der Waals surface area contributed by atoms with Crippen LogP contribution in [0.4, 0.5) is 0 Å². The van der Waals surface area contributed by atoms with Gasteiger partial charge in [0.15, 0.2) is 0 Å². The first-order valence-electron chi connectivity index (χ1n) is 11.6. The van der Waals surface area contributed by atoms with E-state index in [9.17, 15) is 4.79 Å². The smallest absolute Gasteiger partial charge is 0.252 e. The van der Waals surface area contributed by atoms with Crippen LogP contribution in [0.15, 0.2) is 42.5 Å². The lowest BCUT2D eigenvalue weighted by molar-refractivity contribution is 0.0548. The van der Waals surface area contributed by atoms with E-state index in [0.29, 0.717) is 12.1 Å². The Hall–Kier alpha value is -2.17. The van der Waals surface area contributed by atoms with Gasteiger partial charge < -0.3 is 10.6 Å². The molecule has 0 bridgehead atoms. The summed E-state index contributed by atoms with van der Waals surface area (Å²) < 4.78 is 0. The molecular weight excluding hydrogens is 370 g/mol. The van der Waals surface area contributed by atoms with Crippen molar-refractivity contribution in [1.82, 2.24) is 15.5 Å². The normalized spacial score (nSPS) is 26.8. The van der Waals surface area contributed by atoms with Gasteiger partial charge in [-0.05, 0) is 80.3 Å². The Labute approximate surface area is 180 Å². The van der Waals surface area contributed by atoms with Crippen molar-refractivity contribution in [3.05, 3.63) is 70.3 Å². The van der Waals surface area contributed by atoms with E-state index < -0.39 is 0 Å². The molecule has 0 unspecified atom stereocenters. The predicted molar refractivity (Wildman–Crippen MR) is 121 cm³/mol. The van der Waals surface area contributed by atoms with Gasteiger partial charge in [-0.2, -0.15) is 0 Å². The van der Waals surface area contributed by atoms with Crippen LogP contribution in [0.2, 0.25) is 0 Å². The third-order valence-electron chi connectivity index (χ3n) is 7.61. The molecule has 158 valence electrons. The molecule has 2 fully saturated rings. The second-order valence-corrected chi connectivity index (χ2v) is 9.38. The van der Waals surface area contributed by atoms with Gasteiger partial charge in [0, 0.05) is 30.7 Å². The van der Waals surface area contributed by atoms with E-state index in [2.05, 4.69) is 47.6 Å². The summed E-state index contributed by atoms with van der Waals surface area (Å²) in [5.74, 6) is 0.823. The van der Waals surface area contributed by atoms with Crippen LogP contribution in [0, 0.1) is 12.8 Å². The highest BCUT2D eigenvalue weighted by atomic mass is 16.1. The Morgan fingerprint density at radius 1 is 1.20 bits per heavy atom. The molecule has 1 amide bonds. The monoisotopic (exact) mass is 403 g/mol. The number of carbonyl (C=O) groups excluding carboxylic acids is 1. The van der Waals surface area contributed by atoms with Gasteiger partial charge in [0.2, 0.25) is 0 Å². The van der Waals surface area contributed by atoms with E-state index in [0.717, 1.165) is 36.6 Å². The molecule has 3 aliphatic rings. The molecule has 0 spiro atoms. The van der Waals surface area contributed by atoms with Gasteiger partial charge >= 0.3 is 0 Å². The first-order valence-corrected chi connectivity index (χ1v) is 11.6. The van der Waals surface area contributed by atoms with E-state index >= 15 is 0 Å². The van der Waals surface area contributed by atoms with Crippen molar-refractivity contribution in [1.29, 1.82) is 0 Å². The highest BCUT2D eigenvalue weighted by molar-refractivity contribution is 5.96. The van der Waals surface area contributed by atoms with Crippen LogP contribution >= 0.6 is 0 Å². The van der Waals surface area contributed by atoms with Crippen LogP contribution in [0.25, 0.3) is 0 Å². The zero-order valence-electron chi connectivity index (χ0n) is 18.2. The van der Waals surface area contributed by atoms with Gasteiger partial charge in [0.1, 0.15) is 0 Å². The van der Waals surface area contributed by atoms with Crippen molar-refractivity contribution in [2.24, 2.45) is 5.92 Å². The lowest BCUT2D eigenvalue weighted by atomic mass is 9.76. The maximum absolute atomic E-state index is 13.2. The molecule has 3 aliphatic heterocycles. The summed E-state index contributed by atoms with van der Waals surface area (Å²) in [6.45, 7) is 7.71. The number of amides is 1. The highest BCUT2D eigenvalue weighted by Crippen LogP contribution is 2.42. The summed E-state index contributed by atoms with van der Waals surface area (Å²) >= 11 is 0. The van der Waals surface area contributed by atoms with E-state index in [4.69, 9.17) is 0 Å². The summed E-state index contributed by atoms with van der Waals surface area (Å²) in [5.41, 5.74) is 6.00. The Kier molecular flexibility index (Phi) is 5.38. The fourth-order valence-corrected chi connectivity index (χ4v) is 5.96. The van der Waals surface area contributed by atoms with Gasteiger partial charge in [-0.15, -0.1) is 0 Å². The molecule has 2 N–H and O–H groups in total. The molecular formula is C26H33N3O. The van der Waals surface area contributed by atoms with E-state index in [-0.39, 0.29) is 11.9 Å². The molecule has 5 rings (SSSR count). The molecule has 0 aromatic heterocycles. The van der Waals surface area contributed by atoms with Crippen molar-refractivity contribution in [2.75, 3.05) is 19.6 Å². The number of hydrogen-bond acceptors (Lipinski definition) is 3. The lowest BCUT2D eigenvalue weighted by Crippen LogP contribution is -2.54. The van der Waals surface area contributed by atoms with E-state index in [1.165, 1.54) is 42.5 Å². The second-order valence-electron chi connectivity index (χ2n) is 9.38. The Morgan fingerprint density at radius 3 is 2.87 bits per heavy atom. The van der Waals surface area contributed by atoms with Gasteiger partial charge in [-0.25, -0.2) is 0 Å². The molecule has 3 heterocycles. The van der Waals surface area contributed by atoms with Crippen molar-refractivity contribution in [2.45, 2.75) is 57.7 Å². The summed E-state index contributed by atoms with van der Waals surface area (Å²) in [6.07, 6.45) is 4.93. The minimum Gasteiger partial charge on any atom is -0.346 e. The minimum absolute atomic E-state index is 0.00694. The number of nitrogens with zero attached hydrogens (tertiary/aromatic N) is 1. The summed E-state index contributed by atoms with van der Waals surface area (Å²) in [6, 6.07) is 15.5. The number of piperidine rings is 2. The van der Waals surface area contributed by atoms with Crippen LogP contribution in [0.3, 0.4) is 0 Å². The van der Waals surface area contributed by atoms with E-state index in [1.54, 1.807) is 0 Å². The molecule has 4 heteroatoms. The van der Waals surface area contributed by atoms with Crippen LogP contribution < -0.4 is 10.6 Å². The van der Waals surface area contributed by atoms with Gasteiger partial charge in [0.05, 0.1) is 6.04 Å². The topological polar surface area (TPSA) is 44.4 Å². The van der Waals surface area contributed by atoms with Gasteiger partial charge in [0.25, 0.3) is 5.91 Å². The van der Waals surface area contributed by atoms with Crippen LogP contribution in [0.1, 0.15) is 70.9 Å². The largest absolute Gasteiger partial charge is 0.346 e. The number of nitrogens with one attached hydrogen (secondary N) is 2. The zero-order chi connectivity index (χ0) is 20.7. The van der Waals surface area contributed by atoms with Crippen molar-refractivity contribution in [3.63, 3.8) is 0 Å². The van der Waals surface area contributed by atoms with Crippen LogP contribution in [-0.2, 0) is 6.42 Å². The predicted octanol–water partition coefficient (Wildman–Crippen LogP) is 4.16. The summed E-state index contributed by atoms with van der Waals surface area (Å²) in [7, 11) is 0. The number of carbonyl (C=O) groups is 1. The highest BCUT2D eigenvalue weighted by Gasteiger charge is 2.40. The first kappa shape index (κ1) is 19.8.